The van der Waals surface area contributed by atoms with Crippen LogP contribution in [0.3, 0.4) is 0 Å². The van der Waals surface area contributed by atoms with Gasteiger partial charge in [-0.1, -0.05) is 49.4 Å². The topological polar surface area (TPSA) is 34.1 Å². The van der Waals surface area contributed by atoms with Crippen LogP contribution in [-0.4, -0.2) is 14.7 Å². The Balaban J connectivity index is 2.26. The van der Waals surface area contributed by atoms with Crippen LogP contribution < -0.4 is 0 Å². The molecule has 0 aliphatic heterocycles. The van der Waals surface area contributed by atoms with Crippen molar-refractivity contribution in [2.75, 3.05) is 6.26 Å². The molecule has 0 heterocycles. The molecule has 0 saturated carbocycles. The van der Waals surface area contributed by atoms with Crippen molar-refractivity contribution in [1.82, 2.24) is 0 Å². The van der Waals surface area contributed by atoms with Crippen molar-refractivity contribution >= 4 is 9.84 Å². The van der Waals surface area contributed by atoms with Crippen molar-refractivity contribution in [3.8, 4) is 22.3 Å². The SMILES string of the molecule is CCc1c(F)c(S(C)(=O)=O)c(F)c(F)c1-c1ccc(-c2ccccc2)c(F)c1. The maximum Gasteiger partial charge on any atom is 0.181 e. The molecule has 0 bridgehead atoms. The maximum absolute atomic E-state index is 14.7. The average Bonchev–Trinajstić information content (AvgIpc) is 2.64. The zero-order valence-electron chi connectivity index (χ0n) is 15.1. The fourth-order valence-corrected chi connectivity index (χ4v) is 4.03. The Morgan fingerprint density at radius 1 is 0.821 bits per heavy atom. The van der Waals surface area contributed by atoms with Gasteiger partial charge < -0.3 is 0 Å². The predicted octanol–water partition coefficient (Wildman–Crippen LogP) is 5.54. The molecule has 0 atom stereocenters. The molecule has 0 aromatic heterocycles. The summed E-state index contributed by atoms with van der Waals surface area (Å²) in [4.78, 5) is -1.31. The molecule has 3 aromatic carbocycles. The minimum Gasteiger partial charge on any atom is -0.224 e. The lowest BCUT2D eigenvalue weighted by Gasteiger charge is -2.16. The highest BCUT2D eigenvalue weighted by atomic mass is 32.2. The number of sulfone groups is 1. The first-order valence-electron chi connectivity index (χ1n) is 8.41. The van der Waals surface area contributed by atoms with Gasteiger partial charge in [-0.3, -0.25) is 0 Å². The first-order chi connectivity index (χ1) is 13.2. The highest BCUT2D eigenvalue weighted by Gasteiger charge is 2.30. The third-order valence-electron chi connectivity index (χ3n) is 4.44. The van der Waals surface area contributed by atoms with Gasteiger partial charge in [0, 0.05) is 17.4 Å². The highest BCUT2D eigenvalue weighted by Crippen LogP contribution is 2.37. The van der Waals surface area contributed by atoms with E-state index in [0.29, 0.717) is 11.8 Å². The van der Waals surface area contributed by atoms with E-state index < -0.39 is 43.6 Å². The van der Waals surface area contributed by atoms with Gasteiger partial charge in [0.25, 0.3) is 0 Å². The van der Waals surface area contributed by atoms with Gasteiger partial charge in [0.05, 0.1) is 0 Å². The van der Waals surface area contributed by atoms with Crippen LogP contribution in [0.2, 0.25) is 0 Å². The van der Waals surface area contributed by atoms with E-state index in [-0.39, 0.29) is 23.1 Å². The Kier molecular flexibility index (Phi) is 5.30. The fraction of sp³-hybridized carbons (Fsp3) is 0.143. The third kappa shape index (κ3) is 3.42. The Labute approximate surface area is 160 Å². The van der Waals surface area contributed by atoms with Gasteiger partial charge in [-0.15, -0.1) is 0 Å². The van der Waals surface area contributed by atoms with E-state index in [1.807, 2.05) is 0 Å². The normalized spacial score (nSPS) is 11.6. The van der Waals surface area contributed by atoms with Gasteiger partial charge >= 0.3 is 0 Å². The van der Waals surface area contributed by atoms with Gasteiger partial charge in [-0.2, -0.15) is 0 Å². The van der Waals surface area contributed by atoms with Crippen molar-refractivity contribution in [1.29, 1.82) is 0 Å². The summed E-state index contributed by atoms with van der Waals surface area (Å²) in [6, 6.07) is 12.3. The Hall–Kier alpha value is -2.67. The number of hydrogen-bond acceptors (Lipinski definition) is 2. The summed E-state index contributed by atoms with van der Waals surface area (Å²) >= 11 is 0. The van der Waals surface area contributed by atoms with Crippen LogP contribution in [0, 0.1) is 23.3 Å². The number of halogens is 4. The van der Waals surface area contributed by atoms with Crippen LogP contribution in [0.25, 0.3) is 22.3 Å². The lowest BCUT2D eigenvalue weighted by atomic mass is 9.94. The molecule has 0 unspecified atom stereocenters. The molecule has 0 saturated heterocycles. The summed E-state index contributed by atoms with van der Waals surface area (Å²) in [5.41, 5.74) is -0.0528. The van der Waals surface area contributed by atoms with Gasteiger partial charge in [0.15, 0.2) is 21.5 Å². The van der Waals surface area contributed by atoms with E-state index >= 15 is 0 Å². The largest absolute Gasteiger partial charge is 0.224 e. The van der Waals surface area contributed by atoms with Crippen molar-refractivity contribution in [3.05, 3.63) is 77.4 Å². The summed E-state index contributed by atoms with van der Waals surface area (Å²) in [6.45, 7) is 1.47. The molecule has 2 nitrogen and oxygen atoms in total. The van der Waals surface area contributed by atoms with Crippen LogP contribution in [0.15, 0.2) is 53.4 Å². The van der Waals surface area contributed by atoms with E-state index in [2.05, 4.69) is 0 Å². The van der Waals surface area contributed by atoms with Crippen LogP contribution in [0.5, 0.6) is 0 Å². The molecular weight excluding hydrogens is 392 g/mol. The fourth-order valence-electron chi connectivity index (χ4n) is 3.17. The third-order valence-corrected chi connectivity index (χ3v) is 5.54. The first kappa shape index (κ1) is 20.1. The van der Waals surface area contributed by atoms with E-state index in [1.54, 1.807) is 30.3 Å². The Morgan fingerprint density at radius 3 is 2.00 bits per heavy atom. The Morgan fingerprint density at radius 2 is 1.46 bits per heavy atom. The maximum atomic E-state index is 14.7. The molecule has 0 aliphatic rings. The van der Waals surface area contributed by atoms with Crippen molar-refractivity contribution in [3.63, 3.8) is 0 Å². The second-order valence-corrected chi connectivity index (χ2v) is 8.26. The molecule has 0 aliphatic carbocycles. The smallest absolute Gasteiger partial charge is 0.181 e. The first-order valence-corrected chi connectivity index (χ1v) is 10.3. The number of rotatable bonds is 4. The molecule has 3 rings (SSSR count). The lowest BCUT2D eigenvalue weighted by Crippen LogP contribution is -2.11. The minimum absolute atomic E-state index is 0.0793. The molecule has 0 N–H and O–H groups in total. The second-order valence-electron chi connectivity index (χ2n) is 6.31. The van der Waals surface area contributed by atoms with Crippen LogP contribution >= 0.6 is 0 Å². The van der Waals surface area contributed by atoms with Crippen molar-refractivity contribution < 1.29 is 26.0 Å². The van der Waals surface area contributed by atoms with E-state index in [0.717, 1.165) is 6.07 Å². The number of hydrogen-bond donors (Lipinski definition) is 0. The van der Waals surface area contributed by atoms with E-state index in [1.165, 1.54) is 19.1 Å². The average molecular weight is 408 g/mol. The Bertz CT molecular complexity index is 1160. The standard InChI is InChI=1S/C21H16F4O2S/c1-3-14-17(19(24)20(25)21(18(14)23)28(2,26)27)13-9-10-15(16(22)11-13)12-7-5-4-6-8-12/h4-11H,3H2,1-2H3. The molecule has 0 radical (unpaired) electrons. The van der Waals surface area contributed by atoms with Crippen LogP contribution in [0.4, 0.5) is 17.6 Å². The summed E-state index contributed by atoms with van der Waals surface area (Å²) in [5.74, 6) is -5.38. The predicted molar refractivity (Wildman–Crippen MR) is 99.6 cm³/mol. The van der Waals surface area contributed by atoms with E-state index in [4.69, 9.17) is 0 Å². The summed E-state index contributed by atoms with van der Waals surface area (Å²) in [6.07, 6.45) is 0.490. The minimum atomic E-state index is -4.33. The molecule has 0 spiro atoms. The van der Waals surface area contributed by atoms with Crippen molar-refractivity contribution in [2.45, 2.75) is 18.2 Å². The van der Waals surface area contributed by atoms with Gasteiger partial charge in [0.2, 0.25) is 0 Å². The molecule has 146 valence electrons. The van der Waals surface area contributed by atoms with Gasteiger partial charge in [-0.05, 0) is 29.2 Å². The lowest BCUT2D eigenvalue weighted by molar-refractivity contribution is 0.457. The molecule has 0 fully saturated rings. The summed E-state index contributed by atoms with van der Waals surface area (Å²) in [7, 11) is -4.33. The van der Waals surface area contributed by atoms with Crippen molar-refractivity contribution in [2.24, 2.45) is 0 Å². The molecule has 0 amide bonds. The van der Waals surface area contributed by atoms with Gasteiger partial charge in [0.1, 0.15) is 16.5 Å². The molecule has 28 heavy (non-hydrogen) atoms. The number of benzene rings is 3. The zero-order valence-corrected chi connectivity index (χ0v) is 15.9. The quantitative estimate of drug-likeness (QED) is 0.419. The van der Waals surface area contributed by atoms with Crippen LogP contribution in [-0.2, 0) is 16.3 Å². The zero-order chi connectivity index (χ0) is 20.6. The second kappa shape index (κ2) is 7.39. The summed E-state index contributed by atoms with van der Waals surface area (Å²) in [5, 5.41) is 0. The molecule has 7 heteroatoms. The molecule has 3 aromatic rings. The monoisotopic (exact) mass is 408 g/mol. The van der Waals surface area contributed by atoms with Crippen LogP contribution in [0.1, 0.15) is 12.5 Å². The summed E-state index contributed by atoms with van der Waals surface area (Å²) < 4.78 is 81.9. The highest BCUT2D eigenvalue weighted by molar-refractivity contribution is 7.90. The van der Waals surface area contributed by atoms with Gasteiger partial charge in [-0.25, -0.2) is 26.0 Å². The van der Waals surface area contributed by atoms with E-state index in [9.17, 15) is 26.0 Å². The molecular formula is C21H16F4O2S.